The van der Waals surface area contributed by atoms with Crippen LogP contribution in [0.5, 0.6) is 5.75 Å². The van der Waals surface area contributed by atoms with Crippen molar-refractivity contribution >= 4 is 24.0 Å². The Balaban J connectivity index is 2.36. The second-order valence-electron chi connectivity index (χ2n) is 4.25. The standard InChI is InChI=1S/C13H10O7/c14-10(15)4-2-7-1-3-9-8(5-7)6-13(20-9,11(16)17)12(18)19/h1-5H,6H2,(H,14,15)(H,16,17)(H,18,19). The average Bonchev–Trinajstić information content (AvgIpc) is 2.76. The van der Waals surface area contributed by atoms with Gasteiger partial charge in [-0.15, -0.1) is 0 Å². The third-order valence-electron chi connectivity index (χ3n) is 2.92. The summed E-state index contributed by atoms with van der Waals surface area (Å²) in [4.78, 5) is 32.7. The minimum absolute atomic E-state index is 0.169. The van der Waals surface area contributed by atoms with E-state index in [-0.39, 0.29) is 12.2 Å². The summed E-state index contributed by atoms with van der Waals surface area (Å²) in [6.45, 7) is 0. The zero-order valence-electron chi connectivity index (χ0n) is 10.1. The first-order valence-corrected chi connectivity index (χ1v) is 5.55. The van der Waals surface area contributed by atoms with Crippen molar-refractivity contribution < 1.29 is 34.4 Å². The Hall–Kier alpha value is -2.83. The number of carboxylic acids is 3. The van der Waals surface area contributed by atoms with E-state index in [4.69, 9.17) is 20.1 Å². The van der Waals surface area contributed by atoms with E-state index >= 15 is 0 Å². The molecule has 0 bridgehead atoms. The number of hydrogen-bond acceptors (Lipinski definition) is 4. The lowest BCUT2D eigenvalue weighted by Crippen LogP contribution is -2.50. The minimum atomic E-state index is -2.32. The Morgan fingerprint density at radius 1 is 1.15 bits per heavy atom. The predicted molar refractivity (Wildman–Crippen MR) is 65.4 cm³/mol. The van der Waals surface area contributed by atoms with E-state index in [1.165, 1.54) is 24.3 Å². The van der Waals surface area contributed by atoms with Crippen LogP contribution in [0.3, 0.4) is 0 Å². The number of benzene rings is 1. The van der Waals surface area contributed by atoms with Gasteiger partial charge >= 0.3 is 23.5 Å². The molecule has 0 atom stereocenters. The Kier molecular flexibility index (Phi) is 3.19. The van der Waals surface area contributed by atoms with Gasteiger partial charge in [0.2, 0.25) is 0 Å². The third-order valence-corrected chi connectivity index (χ3v) is 2.92. The van der Waals surface area contributed by atoms with E-state index < -0.39 is 23.5 Å². The SMILES string of the molecule is O=C(O)C=Cc1ccc2c(c1)CC(C(=O)O)(C(=O)O)O2. The minimum Gasteiger partial charge on any atom is -0.478 e. The molecule has 1 aromatic rings. The van der Waals surface area contributed by atoms with E-state index in [9.17, 15) is 14.4 Å². The molecular formula is C13H10O7. The zero-order valence-corrected chi connectivity index (χ0v) is 10.1. The monoisotopic (exact) mass is 278 g/mol. The predicted octanol–water partition coefficient (Wildman–Crippen LogP) is 0.627. The lowest BCUT2D eigenvalue weighted by atomic mass is 9.96. The molecule has 104 valence electrons. The number of carbonyl (C=O) groups is 3. The van der Waals surface area contributed by atoms with Crippen molar-refractivity contribution in [3.63, 3.8) is 0 Å². The highest BCUT2D eigenvalue weighted by Gasteiger charge is 2.54. The van der Waals surface area contributed by atoms with Crippen molar-refractivity contribution in [2.75, 3.05) is 0 Å². The van der Waals surface area contributed by atoms with Gasteiger partial charge in [0.15, 0.2) is 0 Å². The number of aliphatic carboxylic acids is 3. The van der Waals surface area contributed by atoms with Gasteiger partial charge in [0.05, 0.1) is 0 Å². The highest BCUT2D eigenvalue weighted by Crippen LogP contribution is 2.36. The fourth-order valence-electron chi connectivity index (χ4n) is 1.93. The van der Waals surface area contributed by atoms with Crippen LogP contribution in [0.25, 0.3) is 6.08 Å². The fraction of sp³-hybridized carbons (Fsp3) is 0.154. The number of rotatable bonds is 4. The number of ether oxygens (including phenoxy) is 1. The highest BCUT2D eigenvalue weighted by molar-refractivity contribution is 6.03. The van der Waals surface area contributed by atoms with Gasteiger partial charge in [-0.1, -0.05) is 6.07 Å². The van der Waals surface area contributed by atoms with Gasteiger partial charge in [0.1, 0.15) is 5.75 Å². The molecule has 1 aliphatic rings. The first-order valence-electron chi connectivity index (χ1n) is 5.55. The normalized spacial score (nSPS) is 15.6. The number of hydrogen-bond donors (Lipinski definition) is 3. The van der Waals surface area contributed by atoms with Crippen LogP contribution in [0.1, 0.15) is 11.1 Å². The van der Waals surface area contributed by atoms with Crippen molar-refractivity contribution in [1.82, 2.24) is 0 Å². The zero-order chi connectivity index (χ0) is 14.9. The number of fused-ring (bicyclic) bond motifs is 1. The van der Waals surface area contributed by atoms with E-state index in [0.717, 1.165) is 6.08 Å². The van der Waals surface area contributed by atoms with Gasteiger partial charge in [-0.2, -0.15) is 0 Å². The lowest BCUT2D eigenvalue weighted by molar-refractivity contribution is -0.170. The van der Waals surface area contributed by atoms with E-state index in [2.05, 4.69) is 0 Å². The Morgan fingerprint density at radius 2 is 1.80 bits per heavy atom. The molecular weight excluding hydrogens is 268 g/mol. The van der Waals surface area contributed by atoms with E-state index in [1.807, 2.05) is 0 Å². The average molecular weight is 278 g/mol. The Bertz CT molecular complexity index is 616. The quantitative estimate of drug-likeness (QED) is 0.545. The molecule has 20 heavy (non-hydrogen) atoms. The molecule has 0 spiro atoms. The maximum absolute atomic E-state index is 11.1. The van der Waals surface area contributed by atoms with E-state index in [0.29, 0.717) is 11.1 Å². The summed E-state index contributed by atoms with van der Waals surface area (Å²) in [6.07, 6.45) is 1.94. The molecule has 2 rings (SSSR count). The van der Waals surface area contributed by atoms with Crippen LogP contribution in [0.4, 0.5) is 0 Å². The van der Waals surface area contributed by atoms with Crippen LogP contribution < -0.4 is 4.74 Å². The molecule has 0 radical (unpaired) electrons. The maximum atomic E-state index is 11.1. The number of carboxylic acid groups (broad SMARTS) is 3. The van der Waals surface area contributed by atoms with Gasteiger partial charge in [0, 0.05) is 18.1 Å². The fourth-order valence-corrected chi connectivity index (χ4v) is 1.93. The van der Waals surface area contributed by atoms with Crippen LogP contribution in [-0.2, 0) is 20.8 Å². The molecule has 0 fully saturated rings. The van der Waals surface area contributed by atoms with Crippen molar-refractivity contribution in [2.24, 2.45) is 0 Å². The molecule has 7 nitrogen and oxygen atoms in total. The van der Waals surface area contributed by atoms with Gasteiger partial charge in [-0.05, 0) is 23.8 Å². The summed E-state index contributed by atoms with van der Waals surface area (Å²) in [5.41, 5.74) is -1.40. The molecule has 0 saturated carbocycles. The Labute approximate surface area is 112 Å². The maximum Gasteiger partial charge on any atom is 0.360 e. The summed E-state index contributed by atoms with van der Waals surface area (Å²) in [5.74, 6) is -4.11. The molecule has 7 heteroatoms. The molecule has 0 amide bonds. The van der Waals surface area contributed by atoms with Crippen LogP contribution in [-0.4, -0.2) is 38.8 Å². The summed E-state index contributed by atoms with van der Waals surface area (Å²) in [5, 5.41) is 26.6. The van der Waals surface area contributed by atoms with Crippen LogP contribution >= 0.6 is 0 Å². The summed E-state index contributed by atoms with van der Waals surface area (Å²) < 4.78 is 5.06. The highest BCUT2D eigenvalue weighted by atomic mass is 16.6. The van der Waals surface area contributed by atoms with Crippen molar-refractivity contribution in [3.05, 3.63) is 35.4 Å². The molecule has 0 unspecified atom stereocenters. The van der Waals surface area contributed by atoms with Crippen molar-refractivity contribution in [2.45, 2.75) is 12.0 Å². The smallest absolute Gasteiger partial charge is 0.360 e. The summed E-state index contributed by atoms with van der Waals surface area (Å²) >= 11 is 0. The molecule has 1 aliphatic heterocycles. The summed E-state index contributed by atoms with van der Waals surface area (Å²) in [7, 11) is 0. The van der Waals surface area contributed by atoms with Gasteiger partial charge in [-0.25, -0.2) is 14.4 Å². The topological polar surface area (TPSA) is 121 Å². The molecule has 3 N–H and O–H groups in total. The van der Waals surface area contributed by atoms with Crippen molar-refractivity contribution in [1.29, 1.82) is 0 Å². The second-order valence-corrected chi connectivity index (χ2v) is 4.25. The van der Waals surface area contributed by atoms with Crippen molar-refractivity contribution in [3.8, 4) is 5.75 Å². The molecule has 1 heterocycles. The molecule has 1 aromatic carbocycles. The van der Waals surface area contributed by atoms with Crippen LogP contribution in [0.15, 0.2) is 24.3 Å². The van der Waals surface area contributed by atoms with E-state index in [1.54, 1.807) is 0 Å². The second kappa shape index (κ2) is 4.69. The summed E-state index contributed by atoms with van der Waals surface area (Å²) in [6, 6.07) is 4.44. The van der Waals surface area contributed by atoms with Gasteiger partial charge in [0.25, 0.3) is 0 Å². The molecule has 0 aromatic heterocycles. The van der Waals surface area contributed by atoms with Gasteiger partial charge in [-0.3, -0.25) is 0 Å². The van der Waals surface area contributed by atoms with Crippen LogP contribution in [0, 0.1) is 0 Å². The van der Waals surface area contributed by atoms with Crippen LogP contribution in [0.2, 0.25) is 0 Å². The lowest BCUT2D eigenvalue weighted by Gasteiger charge is -2.18. The van der Waals surface area contributed by atoms with Gasteiger partial charge < -0.3 is 20.1 Å². The first-order chi connectivity index (χ1) is 9.35. The third kappa shape index (κ3) is 2.20. The first kappa shape index (κ1) is 13.6. The Morgan fingerprint density at radius 3 is 2.35 bits per heavy atom. The largest absolute Gasteiger partial charge is 0.478 e. The molecule has 0 aliphatic carbocycles. The molecule has 0 saturated heterocycles.